The second kappa shape index (κ2) is 7.42. The van der Waals surface area contributed by atoms with Crippen molar-refractivity contribution in [2.75, 3.05) is 31.1 Å². The van der Waals surface area contributed by atoms with Gasteiger partial charge in [0.25, 0.3) is 0 Å². The Morgan fingerprint density at radius 3 is 2.63 bits per heavy atom. The zero-order valence-corrected chi connectivity index (χ0v) is 16.9. The first-order chi connectivity index (χ1) is 13.3. The first-order valence-corrected chi connectivity index (χ1v) is 11.1. The largest absolute Gasteiger partial charge is 0.369 e. The highest BCUT2D eigenvalue weighted by atomic mass is 35.5. The number of fused-ring (bicyclic) bond motifs is 1. The lowest BCUT2D eigenvalue weighted by atomic mass is 10.1. The van der Waals surface area contributed by atoms with Gasteiger partial charge in [0, 0.05) is 48.8 Å². The van der Waals surface area contributed by atoms with Gasteiger partial charge in [0.2, 0.25) is 0 Å². The second-order valence-electron chi connectivity index (χ2n) is 7.69. The average Bonchev–Trinajstić information content (AvgIpc) is 3.35. The lowest BCUT2D eigenvalue weighted by Gasteiger charge is -2.39. The van der Waals surface area contributed by atoms with E-state index in [9.17, 15) is 0 Å². The summed E-state index contributed by atoms with van der Waals surface area (Å²) >= 11 is 8.05. The van der Waals surface area contributed by atoms with Crippen LogP contribution >= 0.6 is 22.9 Å². The minimum absolute atomic E-state index is 0.637. The first kappa shape index (κ1) is 17.5. The van der Waals surface area contributed by atoms with E-state index < -0.39 is 0 Å². The number of aromatic nitrogens is 1. The Bertz CT molecular complexity index is 899. The molecule has 0 radical (unpaired) electrons. The topological polar surface area (TPSA) is 19.4 Å². The number of nitrogens with zero attached hydrogens (tertiary/aromatic N) is 3. The zero-order chi connectivity index (χ0) is 18.2. The number of hydrogen-bond donors (Lipinski definition) is 0. The van der Waals surface area contributed by atoms with Crippen LogP contribution in [0, 0.1) is 0 Å². The van der Waals surface area contributed by atoms with Crippen LogP contribution in [0.4, 0.5) is 5.69 Å². The van der Waals surface area contributed by atoms with Crippen LogP contribution in [0.1, 0.15) is 30.2 Å². The molecule has 1 saturated carbocycles. The highest BCUT2D eigenvalue weighted by Gasteiger charge is 2.33. The smallest absolute Gasteiger partial charge is 0.0970 e. The molecular weight excluding hydrogens is 374 g/mol. The predicted octanol–water partition coefficient (Wildman–Crippen LogP) is 5.41. The molecule has 1 saturated heterocycles. The van der Waals surface area contributed by atoms with E-state index in [4.69, 9.17) is 16.6 Å². The fourth-order valence-corrected chi connectivity index (χ4v) is 5.90. The Hall–Kier alpha value is -1.62. The van der Waals surface area contributed by atoms with E-state index in [0.717, 1.165) is 36.7 Å². The maximum absolute atomic E-state index is 6.16. The molecule has 0 bridgehead atoms. The molecule has 0 amide bonds. The quantitative estimate of drug-likeness (QED) is 0.589. The number of piperazine rings is 1. The minimum Gasteiger partial charge on any atom is -0.369 e. The van der Waals surface area contributed by atoms with Crippen molar-refractivity contribution in [2.24, 2.45) is 0 Å². The van der Waals surface area contributed by atoms with Crippen LogP contribution in [0.25, 0.3) is 10.2 Å². The molecule has 140 valence electrons. The van der Waals surface area contributed by atoms with Crippen LogP contribution in [0.15, 0.2) is 48.5 Å². The first-order valence-electron chi connectivity index (χ1n) is 9.86. The van der Waals surface area contributed by atoms with Crippen molar-refractivity contribution < 1.29 is 0 Å². The van der Waals surface area contributed by atoms with E-state index in [1.807, 2.05) is 23.5 Å². The van der Waals surface area contributed by atoms with Crippen LogP contribution in [0.3, 0.4) is 0 Å². The molecule has 2 aliphatic rings. The van der Waals surface area contributed by atoms with E-state index in [0.29, 0.717) is 12.0 Å². The van der Waals surface area contributed by atoms with Gasteiger partial charge in [0.1, 0.15) is 0 Å². The summed E-state index contributed by atoms with van der Waals surface area (Å²) in [5, 5.41) is 2.17. The van der Waals surface area contributed by atoms with E-state index >= 15 is 0 Å². The third-order valence-corrected chi connectivity index (χ3v) is 7.50. The van der Waals surface area contributed by atoms with Crippen LogP contribution in [0.2, 0.25) is 5.02 Å². The van der Waals surface area contributed by atoms with Crippen molar-refractivity contribution in [1.82, 2.24) is 9.88 Å². The highest BCUT2D eigenvalue weighted by molar-refractivity contribution is 7.18. The molecule has 1 aliphatic heterocycles. The monoisotopic (exact) mass is 397 g/mol. The van der Waals surface area contributed by atoms with E-state index in [2.05, 4.69) is 46.2 Å². The van der Waals surface area contributed by atoms with Gasteiger partial charge in [0.15, 0.2) is 0 Å². The van der Waals surface area contributed by atoms with Gasteiger partial charge in [-0.2, -0.15) is 0 Å². The summed E-state index contributed by atoms with van der Waals surface area (Å²) in [5.74, 6) is 0.637. The molecule has 0 N–H and O–H groups in total. The summed E-state index contributed by atoms with van der Waals surface area (Å²) in [6, 6.07) is 17.5. The van der Waals surface area contributed by atoms with E-state index in [1.165, 1.54) is 34.7 Å². The number of thiazole rings is 1. The number of hydrogen-bond acceptors (Lipinski definition) is 4. The molecule has 3 nitrogen and oxygen atoms in total. The van der Waals surface area contributed by atoms with Gasteiger partial charge in [-0.3, -0.25) is 4.90 Å². The fraction of sp³-hybridized carbons (Fsp3) is 0.409. The number of para-hydroxylation sites is 1. The maximum atomic E-state index is 6.16. The maximum Gasteiger partial charge on any atom is 0.0970 e. The molecule has 2 aromatic carbocycles. The van der Waals surface area contributed by atoms with Gasteiger partial charge >= 0.3 is 0 Å². The van der Waals surface area contributed by atoms with Gasteiger partial charge in [-0.25, -0.2) is 4.98 Å². The normalized spacial score (nSPS) is 24.0. The van der Waals surface area contributed by atoms with Crippen molar-refractivity contribution in [1.29, 1.82) is 0 Å². The van der Waals surface area contributed by atoms with Crippen molar-refractivity contribution in [3.63, 3.8) is 0 Å². The SMILES string of the molecule is Clc1cccc(N2CCN(C3CCC(c4nc5ccccc5s4)C3)CC2)c1. The molecule has 3 aromatic rings. The number of anilines is 1. The van der Waals surface area contributed by atoms with Crippen molar-refractivity contribution in [2.45, 2.75) is 31.2 Å². The van der Waals surface area contributed by atoms with Crippen LogP contribution < -0.4 is 4.90 Å². The average molecular weight is 398 g/mol. The van der Waals surface area contributed by atoms with E-state index in [-0.39, 0.29) is 0 Å². The lowest BCUT2D eigenvalue weighted by Crippen LogP contribution is -2.49. The number of benzene rings is 2. The molecule has 2 heterocycles. The third-order valence-electron chi connectivity index (χ3n) is 6.07. The molecule has 2 atom stereocenters. The van der Waals surface area contributed by atoms with Crippen molar-refractivity contribution >= 4 is 38.8 Å². The van der Waals surface area contributed by atoms with Gasteiger partial charge in [0.05, 0.1) is 15.2 Å². The number of rotatable bonds is 3. The summed E-state index contributed by atoms with van der Waals surface area (Å²) in [6.07, 6.45) is 3.84. The molecule has 5 rings (SSSR count). The summed E-state index contributed by atoms with van der Waals surface area (Å²) in [4.78, 5) is 10.1. The van der Waals surface area contributed by atoms with Gasteiger partial charge in [-0.15, -0.1) is 11.3 Å². The summed E-state index contributed by atoms with van der Waals surface area (Å²) in [7, 11) is 0. The summed E-state index contributed by atoms with van der Waals surface area (Å²) in [6.45, 7) is 4.46. The Labute approximate surface area is 169 Å². The molecule has 5 heteroatoms. The van der Waals surface area contributed by atoms with Gasteiger partial charge in [-0.05, 0) is 49.6 Å². The molecule has 1 aliphatic carbocycles. The summed E-state index contributed by atoms with van der Waals surface area (Å²) in [5.41, 5.74) is 2.41. The zero-order valence-electron chi connectivity index (χ0n) is 15.4. The Morgan fingerprint density at radius 1 is 0.963 bits per heavy atom. The molecular formula is C22H24ClN3S. The fourth-order valence-electron chi connectivity index (χ4n) is 4.60. The predicted molar refractivity (Wildman–Crippen MR) is 115 cm³/mol. The Kier molecular flexibility index (Phi) is 4.80. The van der Waals surface area contributed by atoms with Crippen molar-refractivity contribution in [3.05, 3.63) is 58.6 Å². The van der Waals surface area contributed by atoms with Gasteiger partial charge < -0.3 is 4.90 Å². The molecule has 0 spiro atoms. The van der Waals surface area contributed by atoms with E-state index in [1.54, 1.807) is 0 Å². The standard InChI is InChI=1S/C22H24ClN3S/c23-17-4-3-5-18(15-17)25-10-12-26(13-11-25)19-9-8-16(14-19)22-24-20-6-1-2-7-21(20)27-22/h1-7,15-16,19H,8-14H2. The third kappa shape index (κ3) is 3.58. The Morgan fingerprint density at radius 2 is 1.81 bits per heavy atom. The van der Waals surface area contributed by atoms with Crippen LogP contribution in [-0.2, 0) is 0 Å². The lowest BCUT2D eigenvalue weighted by molar-refractivity contribution is 0.186. The molecule has 27 heavy (non-hydrogen) atoms. The molecule has 1 aromatic heterocycles. The molecule has 2 fully saturated rings. The van der Waals surface area contributed by atoms with Gasteiger partial charge in [-0.1, -0.05) is 29.8 Å². The second-order valence-corrected chi connectivity index (χ2v) is 9.19. The minimum atomic E-state index is 0.637. The highest BCUT2D eigenvalue weighted by Crippen LogP contribution is 2.40. The molecule has 2 unspecified atom stereocenters. The van der Waals surface area contributed by atoms with Crippen molar-refractivity contribution in [3.8, 4) is 0 Å². The van der Waals surface area contributed by atoms with Crippen LogP contribution in [-0.4, -0.2) is 42.1 Å². The number of halogens is 1. The Balaban J connectivity index is 1.21. The van der Waals surface area contributed by atoms with Crippen LogP contribution in [0.5, 0.6) is 0 Å². The summed E-state index contributed by atoms with van der Waals surface area (Å²) < 4.78 is 1.33.